The van der Waals surface area contributed by atoms with Gasteiger partial charge in [-0.25, -0.2) is 0 Å². The van der Waals surface area contributed by atoms with E-state index in [9.17, 15) is 0 Å². The Labute approximate surface area is 138 Å². The number of nitrogens with one attached hydrogen (secondary N) is 2. The third kappa shape index (κ3) is 3.75. The largest absolute Gasteiger partial charge is 0.361 e. The second kappa shape index (κ2) is 7.24. The molecule has 2 N–H and O–H groups in total. The number of H-pyrrole nitrogens is 1. The van der Waals surface area contributed by atoms with E-state index >= 15 is 0 Å². The van der Waals surface area contributed by atoms with Gasteiger partial charge in [0, 0.05) is 28.4 Å². The lowest BCUT2D eigenvalue weighted by atomic mass is 10.2. The highest BCUT2D eigenvalue weighted by atomic mass is 32.2. The summed E-state index contributed by atoms with van der Waals surface area (Å²) in [6.45, 7) is 0. The van der Waals surface area contributed by atoms with Gasteiger partial charge in [-0.1, -0.05) is 72.5 Å². The van der Waals surface area contributed by atoms with Gasteiger partial charge in [-0.05, 0) is 11.6 Å². The monoisotopic (exact) mass is 325 g/mol. The van der Waals surface area contributed by atoms with Crippen molar-refractivity contribution in [2.75, 3.05) is 0 Å². The molecular weight excluding hydrogens is 310 g/mol. The molecule has 110 valence electrons. The first-order valence-corrected chi connectivity index (χ1v) is 8.28. The number of aromatic amines is 1. The van der Waals surface area contributed by atoms with Crippen LogP contribution >= 0.6 is 24.0 Å². The van der Waals surface area contributed by atoms with E-state index in [-0.39, 0.29) is 0 Å². The molecule has 0 atom stereocenters. The molecule has 22 heavy (non-hydrogen) atoms. The first kappa shape index (κ1) is 14.8. The highest BCUT2D eigenvalue weighted by Gasteiger charge is 2.00. The van der Waals surface area contributed by atoms with Gasteiger partial charge >= 0.3 is 0 Å². The van der Waals surface area contributed by atoms with E-state index in [1.54, 1.807) is 18.0 Å². The van der Waals surface area contributed by atoms with Crippen LogP contribution < -0.4 is 5.43 Å². The lowest BCUT2D eigenvalue weighted by Gasteiger charge is -2.02. The molecule has 0 aliphatic heterocycles. The highest BCUT2D eigenvalue weighted by molar-refractivity contribution is 8.22. The lowest BCUT2D eigenvalue weighted by molar-refractivity contribution is 1.07. The van der Waals surface area contributed by atoms with Crippen LogP contribution in [0.3, 0.4) is 0 Å². The molecule has 0 saturated heterocycles. The number of nitrogens with zero attached hydrogens (tertiary/aromatic N) is 1. The Morgan fingerprint density at radius 3 is 2.77 bits per heavy atom. The van der Waals surface area contributed by atoms with Gasteiger partial charge in [-0.2, -0.15) is 5.10 Å². The van der Waals surface area contributed by atoms with Gasteiger partial charge in [0.1, 0.15) is 0 Å². The lowest BCUT2D eigenvalue weighted by Crippen LogP contribution is -2.11. The summed E-state index contributed by atoms with van der Waals surface area (Å²) in [5, 5.41) is 5.37. The molecule has 0 fully saturated rings. The average Bonchev–Trinajstić information content (AvgIpc) is 2.97. The third-order valence-corrected chi connectivity index (χ3v) is 4.47. The number of fused-ring (bicyclic) bond motifs is 1. The van der Waals surface area contributed by atoms with Crippen LogP contribution in [0.1, 0.15) is 11.1 Å². The fourth-order valence-electron chi connectivity index (χ4n) is 2.11. The zero-order valence-corrected chi connectivity index (χ0v) is 13.5. The second-order valence-electron chi connectivity index (χ2n) is 4.72. The zero-order chi connectivity index (χ0) is 15.2. The first-order chi connectivity index (χ1) is 10.8. The molecule has 3 rings (SSSR count). The summed E-state index contributed by atoms with van der Waals surface area (Å²) in [5.74, 6) is 0.843. The van der Waals surface area contributed by atoms with Crippen molar-refractivity contribution in [3.63, 3.8) is 0 Å². The van der Waals surface area contributed by atoms with Crippen molar-refractivity contribution >= 4 is 45.4 Å². The number of hydrazone groups is 1. The van der Waals surface area contributed by atoms with Crippen LogP contribution in [0.4, 0.5) is 0 Å². The Balaban J connectivity index is 1.54. The number of para-hydroxylation sites is 1. The molecule has 0 saturated carbocycles. The predicted molar refractivity (Wildman–Crippen MR) is 99.4 cm³/mol. The minimum Gasteiger partial charge on any atom is -0.361 e. The van der Waals surface area contributed by atoms with E-state index in [1.165, 1.54) is 5.56 Å². The topological polar surface area (TPSA) is 40.2 Å². The Kier molecular flexibility index (Phi) is 4.88. The van der Waals surface area contributed by atoms with Crippen LogP contribution in [0.2, 0.25) is 0 Å². The Morgan fingerprint density at radius 2 is 1.91 bits per heavy atom. The van der Waals surface area contributed by atoms with Crippen LogP contribution in [0.15, 0.2) is 65.9 Å². The fourth-order valence-corrected chi connectivity index (χ4v) is 2.95. The predicted octanol–water partition coefficient (Wildman–Crippen LogP) is 4.31. The van der Waals surface area contributed by atoms with Gasteiger partial charge in [0.25, 0.3) is 0 Å². The minimum atomic E-state index is 0.667. The standard InChI is InChI=1S/C17H15N3S2/c21-17(22-12-13-6-2-1-3-7-13)20-19-11-14-10-18-16-9-5-4-8-15(14)16/h1-11,18H,12H2,(H,20,21)/b19-11-. The van der Waals surface area contributed by atoms with E-state index in [2.05, 4.69) is 33.7 Å². The smallest absolute Gasteiger partial charge is 0.154 e. The van der Waals surface area contributed by atoms with E-state index in [4.69, 9.17) is 12.2 Å². The maximum Gasteiger partial charge on any atom is 0.154 e. The summed E-state index contributed by atoms with van der Waals surface area (Å²) in [6.07, 6.45) is 3.73. The van der Waals surface area contributed by atoms with E-state index in [0.29, 0.717) is 4.32 Å². The van der Waals surface area contributed by atoms with Crippen molar-refractivity contribution in [2.24, 2.45) is 5.10 Å². The van der Waals surface area contributed by atoms with Gasteiger partial charge in [-0.3, -0.25) is 5.43 Å². The number of thiocarbonyl (C=S) groups is 1. The van der Waals surface area contributed by atoms with Crippen LogP contribution in [-0.4, -0.2) is 15.5 Å². The van der Waals surface area contributed by atoms with Crippen molar-refractivity contribution in [1.29, 1.82) is 0 Å². The van der Waals surface area contributed by atoms with Crippen LogP contribution in [-0.2, 0) is 5.75 Å². The van der Waals surface area contributed by atoms with E-state index in [0.717, 1.165) is 22.2 Å². The summed E-state index contributed by atoms with van der Waals surface area (Å²) in [4.78, 5) is 3.22. The molecule has 3 nitrogen and oxygen atoms in total. The molecule has 0 radical (unpaired) electrons. The molecule has 2 aromatic carbocycles. The molecule has 0 unspecified atom stereocenters. The maximum absolute atomic E-state index is 5.27. The van der Waals surface area contributed by atoms with Crippen molar-refractivity contribution in [3.05, 3.63) is 71.9 Å². The van der Waals surface area contributed by atoms with Gasteiger partial charge in [0.05, 0.1) is 6.21 Å². The molecule has 3 aromatic rings. The Morgan fingerprint density at radius 1 is 1.14 bits per heavy atom. The Hall–Kier alpha value is -2.11. The third-order valence-electron chi connectivity index (χ3n) is 3.19. The van der Waals surface area contributed by atoms with E-state index in [1.807, 2.05) is 42.6 Å². The van der Waals surface area contributed by atoms with Crippen LogP contribution in [0.25, 0.3) is 10.9 Å². The van der Waals surface area contributed by atoms with Crippen molar-refractivity contribution in [2.45, 2.75) is 5.75 Å². The van der Waals surface area contributed by atoms with Gasteiger partial charge in [0.15, 0.2) is 4.32 Å². The molecule has 0 amide bonds. The summed E-state index contributed by atoms with van der Waals surface area (Å²) >= 11 is 6.84. The number of thioether (sulfide) groups is 1. The average molecular weight is 325 g/mol. The molecule has 1 aromatic heterocycles. The quantitative estimate of drug-likeness (QED) is 0.426. The van der Waals surface area contributed by atoms with Crippen molar-refractivity contribution in [1.82, 2.24) is 10.4 Å². The summed E-state index contributed by atoms with van der Waals surface area (Å²) in [6, 6.07) is 18.4. The number of aromatic nitrogens is 1. The number of hydrogen-bond donors (Lipinski definition) is 2. The SMILES string of the molecule is S=C(N/N=C\c1c[nH]c2ccccc12)SCc1ccccc1. The molecule has 0 aliphatic rings. The number of hydrogen-bond acceptors (Lipinski definition) is 3. The van der Waals surface area contributed by atoms with Crippen LogP contribution in [0, 0.1) is 0 Å². The first-order valence-electron chi connectivity index (χ1n) is 6.89. The highest BCUT2D eigenvalue weighted by Crippen LogP contribution is 2.16. The summed E-state index contributed by atoms with van der Waals surface area (Å²) < 4.78 is 0.667. The molecule has 1 heterocycles. The van der Waals surface area contributed by atoms with Crippen molar-refractivity contribution < 1.29 is 0 Å². The van der Waals surface area contributed by atoms with Gasteiger partial charge in [0.2, 0.25) is 0 Å². The fraction of sp³-hybridized carbons (Fsp3) is 0.0588. The molecular formula is C17H15N3S2. The van der Waals surface area contributed by atoms with Gasteiger partial charge in [-0.15, -0.1) is 0 Å². The normalized spacial score (nSPS) is 11.1. The zero-order valence-electron chi connectivity index (χ0n) is 11.8. The molecule has 0 aliphatic carbocycles. The molecule has 0 spiro atoms. The molecule has 0 bridgehead atoms. The number of rotatable bonds is 4. The maximum atomic E-state index is 5.27. The minimum absolute atomic E-state index is 0.667. The van der Waals surface area contributed by atoms with E-state index < -0.39 is 0 Å². The Bertz CT molecular complexity index is 794. The van der Waals surface area contributed by atoms with Crippen LogP contribution in [0.5, 0.6) is 0 Å². The summed E-state index contributed by atoms with van der Waals surface area (Å²) in [7, 11) is 0. The van der Waals surface area contributed by atoms with Gasteiger partial charge < -0.3 is 4.98 Å². The second-order valence-corrected chi connectivity index (χ2v) is 6.37. The molecule has 5 heteroatoms. The number of benzene rings is 2. The van der Waals surface area contributed by atoms with Crippen molar-refractivity contribution in [3.8, 4) is 0 Å². The summed E-state index contributed by atoms with van der Waals surface area (Å²) in [5.41, 5.74) is 6.30.